The first-order valence-electron chi connectivity index (χ1n) is 6.34. The minimum Gasteiger partial charge on any atom is -0.345 e. The molecule has 0 radical (unpaired) electrons. The Morgan fingerprint density at radius 3 is 2.06 bits per heavy atom. The fourth-order valence-corrected chi connectivity index (χ4v) is 1.34. The fraction of sp³-hybridized carbons (Fsp3) is 0.846. The molecule has 0 saturated heterocycles. The van der Waals surface area contributed by atoms with Crippen LogP contribution in [0.25, 0.3) is 0 Å². The van der Waals surface area contributed by atoms with Crippen molar-refractivity contribution in [1.82, 2.24) is 5.32 Å². The molecule has 0 heterocycles. The normalized spacial score (nSPS) is 14.8. The van der Waals surface area contributed by atoms with Crippen molar-refractivity contribution < 1.29 is 9.59 Å². The monoisotopic (exact) mass is 242 g/mol. The van der Waals surface area contributed by atoms with Crippen LogP contribution in [0.15, 0.2) is 0 Å². The number of hydrogen-bond donors (Lipinski definition) is 2. The predicted molar refractivity (Wildman–Crippen MR) is 69.5 cm³/mol. The van der Waals surface area contributed by atoms with Crippen LogP contribution in [-0.2, 0) is 9.59 Å². The highest BCUT2D eigenvalue weighted by Crippen LogP contribution is 2.06. The molecule has 1 amide bonds. The fourth-order valence-electron chi connectivity index (χ4n) is 1.34. The van der Waals surface area contributed by atoms with Crippen molar-refractivity contribution in [2.75, 3.05) is 0 Å². The van der Waals surface area contributed by atoms with Crippen LogP contribution in [0.4, 0.5) is 0 Å². The maximum Gasteiger partial charge on any atom is 0.237 e. The lowest BCUT2D eigenvalue weighted by Crippen LogP contribution is -2.49. The minimum absolute atomic E-state index is 0.0722. The Kier molecular flexibility index (Phi) is 7.04. The average Bonchev–Trinajstić information content (AvgIpc) is 2.24. The number of nitrogens with two attached hydrogens (primary N) is 1. The quantitative estimate of drug-likeness (QED) is 0.710. The van der Waals surface area contributed by atoms with Gasteiger partial charge in [-0.05, 0) is 25.2 Å². The zero-order valence-corrected chi connectivity index (χ0v) is 11.6. The summed E-state index contributed by atoms with van der Waals surface area (Å²) in [7, 11) is 0. The molecule has 0 aliphatic heterocycles. The number of ketones is 1. The molecule has 17 heavy (non-hydrogen) atoms. The Labute approximate surface area is 104 Å². The predicted octanol–water partition coefficient (Wildman–Crippen LogP) is 1.48. The molecule has 0 aromatic rings. The third-order valence-corrected chi connectivity index (χ3v) is 2.83. The van der Waals surface area contributed by atoms with E-state index < -0.39 is 12.1 Å². The molecule has 0 aliphatic carbocycles. The molecule has 0 fully saturated rings. The zero-order valence-electron chi connectivity index (χ0n) is 11.6. The van der Waals surface area contributed by atoms with Crippen molar-refractivity contribution in [2.24, 2.45) is 17.6 Å². The summed E-state index contributed by atoms with van der Waals surface area (Å²) in [6.07, 6.45) is 1.37. The van der Waals surface area contributed by atoms with E-state index in [0.29, 0.717) is 12.3 Å². The molecular weight excluding hydrogens is 216 g/mol. The summed E-state index contributed by atoms with van der Waals surface area (Å²) in [6.45, 7) is 9.63. The largest absolute Gasteiger partial charge is 0.345 e. The molecule has 0 rings (SSSR count). The van der Waals surface area contributed by atoms with Crippen molar-refractivity contribution in [3.63, 3.8) is 0 Å². The second-order valence-corrected chi connectivity index (χ2v) is 5.40. The van der Waals surface area contributed by atoms with E-state index in [-0.39, 0.29) is 17.6 Å². The Morgan fingerprint density at radius 1 is 1.12 bits per heavy atom. The molecule has 0 aromatic carbocycles. The van der Waals surface area contributed by atoms with Crippen molar-refractivity contribution in [2.45, 2.75) is 59.5 Å². The molecule has 100 valence electrons. The maximum atomic E-state index is 11.7. The summed E-state index contributed by atoms with van der Waals surface area (Å²) in [5.41, 5.74) is 5.71. The summed E-state index contributed by atoms with van der Waals surface area (Å²) in [4.78, 5) is 23.4. The Bertz CT molecular complexity index is 262. The molecule has 4 nitrogen and oxygen atoms in total. The van der Waals surface area contributed by atoms with Crippen LogP contribution in [0.1, 0.15) is 47.5 Å². The lowest BCUT2D eigenvalue weighted by molar-refractivity contribution is -0.128. The average molecular weight is 242 g/mol. The minimum atomic E-state index is -0.546. The van der Waals surface area contributed by atoms with E-state index in [1.807, 2.05) is 13.8 Å². The number of rotatable bonds is 7. The molecule has 2 atom stereocenters. The van der Waals surface area contributed by atoms with Crippen LogP contribution in [0.2, 0.25) is 0 Å². The van der Waals surface area contributed by atoms with E-state index in [1.54, 1.807) is 6.92 Å². The first-order chi connectivity index (χ1) is 7.75. The van der Waals surface area contributed by atoms with Gasteiger partial charge in [-0.2, -0.15) is 0 Å². The van der Waals surface area contributed by atoms with Gasteiger partial charge in [0, 0.05) is 6.42 Å². The number of Topliss-reactive ketones (excluding diaryl/α,β-unsaturated/α-hetero) is 1. The summed E-state index contributed by atoms with van der Waals surface area (Å²) in [6, 6.07) is -0.985. The number of carbonyl (C=O) groups is 2. The summed E-state index contributed by atoms with van der Waals surface area (Å²) in [5, 5.41) is 2.67. The first-order valence-corrected chi connectivity index (χ1v) is 6.34. The molecular formula is C13H26N2O2. The van der Waals surface area contributed by atoms with E-state index >= 15 is 0 Å². The molecule has 0 bridgehead atoms. The lowest BCUT2D eigenvalue weighted by Gasteiger charge is -2.19. The zero-order chi connectivity index (χ0) is 13.6. The second-order valence-electron chi connectivity index (χ2n) is 5.40. The highest BCUT2D eigenvalue weighted by molar-refractivity contribution is 5.90. The Hall–Kier alpha value is -0.900. The lowest BCUT2D eigenvalue weighted by atomic mass is 10.0. The van der Waals surface area contributed by atoms with Crippen LogP contribution in [-0.4, -0.2) is 23.8 Å². The van der Waals surface area contributed by atoms with Crippen LogP contribution in [0.5, 0.6) is 0 Å². The molecule has 0 aromatic heterocycles. The molecule has 0 aliphatic rings. The van der Waals surface area contributed by atoms with E-state index in [1.165, 1.54) is 0 Å². The number of nitrogens with one attached hydrogen (secondary N) is 1. The van der Waals surface area contributed by atoms with Crippen molar-refractivity contribution in [3.05, 3.63) is 0 Å². The van der Waals surface area contributed by atoms with Crippen LogP contribution < -0.4 is 11.1 Å². The van der Waals surface area contributed by atoms with Gasteiger partial charge in [0.05, 0.1) is 12.1 Å². The maximum absolute atomic E-state index is 11.7. The Morgan fingerprint density at radius 2 is 1.65 bits per heavy atom. The highest BCUT2D eigenvalue weighted by Gasteiger charge is 2.21. The van der Waals surface area contributed by atoms with Gasteiger partial charge in [-0.15, -0.1) is 0 Å². The van der Waals surface area contributed by atoms with Gasteiger partial charge in [-0.25, -0.2) is 0 Å². The highest BCUT2D eigenvalue weighted by atomic mass is 16.2. The first kappa shape index (κ1) is 16.1. The van der Waals surface area contributed by atoms with Gasteiger partial charge in [0.25, 0.3) is 0 Å². The summed E-state index contributed by atoms with van der Waals surface area (Å²) in [5.74, 6) is 0.404. The standard InChI is InChI=1S/C13H26N2O2/c1-8(2)6-7-11(16)10(5)15-13(17)12(14)9(3)4/h8-10,12H,6-7,14H2,1-5H3,(H,15,17)/t10-,12-/m0/s1. The molecule has 0 unspecified atom stereocenters. The van der Waals surface area contributed by atoms with Crippen molar-refractivity contribution in [3.8, 4) is 0 Å². The third-order valence-electron chi connectivity index (χ3n) is 2.83. The Balaban J connectivity index is 4.11. The van der Waals surface area contributed by atoms with Gasteiger partial charge in [-0.1, -0.05) is 27.7 Å². The van der Waals surface area contributed by atoms with Crippen LogP contribution >= 0.6 is 0 Å². The molecule has 4 heteroatoms. The van der Waals surface area contributed by atoms with Gasteiger partial charge in [-0.3, -0.25) is 9.59 Å². The van der Waals surface area contributed by atoms with Crippen molar-refractivity contribution >= 4 is 11.7 Å². The van der Waals surface area contributed by atoms with Gasteiger partial charge in [0.2, 0.25) is 5.91 Å². The topological polar surface area (TPSA) is 72.2 Å². The van der Waals surface area contributed by atoms with Gasteiger partial charge in [0.1, 0.15) is 0 Å². The van der Waals surface area contributed by atoms with E-state index in [0.717, 1.165) is 6.42 Å². The van der Waals surface area contributed by atoms with Crippen molar-refractivity contribution in [1.29, 1.82) is 0 Å². The van der Waals surface area contributed by atoms with Crippen LogP contribution in [0, 0.1) is 11.8 Å². The van der Waals surface area contributed by atoms with Crippen LogP contribution in [0.3, 0.4) is 0 Å². The summed E-state index contributed by atoms with van der Waals surface area (Å²) >= 11 is 0. The molecule has 0 saturated carbocycles. The smallest absolute Gasteiger partial charge is 0.237 e. The van der Waals surface area contributed by atoms with E-state index in [9.17, 15) is 9.59 Å². The van der Waals surface area contributed by atoms with Gasteiger partial charge >= 0.3 is 0 Å². The van der Waals surface area contributed by atoms with Gasteiger partial charge in [0.15, 0.2) is 5.78 Å². The molecule has 0 spiro atoms. The third kappa shape index (κ3) is 6.41. The molecule has 3 N–H and O–H groups in total. The van der Waals surface area contributed by atoms with E-state index in [2.05, 4.69) is 19.2 Å². The number of amides is 1. The summed E-state index contributed by atoms with van der Waals surface area (Å²) < 4.78 is 0. The number of carbonyl (C=O) groups excluding carboxylic acids is 2. The SMILES string of the molecule is CC(C)CCC(=O)[C@H](C)NC(=O)[C@@H](N)C(C)C. The second kappa shape index (κ2) is 7.43. The van der Waals surface area contributed by atoms with E-state index in [4.69, 9.17) is 5.73 Å². The number of hydrogen-bond acceptors (Lipinski definition) is 3. The van der Waals surface area contributed by atoms with Gasteiger partial charge < -0.3 is 11.1 Å².